The highest BCUT2D eigenvalue weighted by Gasteiger charge is 2.43. The van der Waals surface area contributed by atoms with Crippen LogP contribution in [-0.2, 0) is 4.74 Å². The Morgan fingerprint density at radius 1 is 1.16 bits per heavy atom. The molecule has 0 aromatic carbocycles. The van der Waals surface area contributed by atoms with Crippen LogP contribution >= 0.6 is 0 Å². The van der Waals surface area contributed by atoms with Crippen molar-refractivity contribution >= 4 is 0 Å². The number of likely N-dealkylation sites (tertiary alicyclic amines) is 2. The molecule has 0 radical (unpaired) electrons. The molecule has 0 saturated carbocycles. The average molecular weight is 355 g/mol. The second-order valence-corrected chi connectivity index (χ2v) is 8.67. The van der Waals surface area contributed by atoms with E-state index >= 15 is 0 Å². The first-order valence-electron chi connectivity index (χ1n) is 10.0. The summed E-state index contributed by atoms with van der Waals surface area (Å²) in [6.07, 6.45) is 1.18. The van der Waals surface area contributed by atoms with Gasteiger partial charge < -0.3 is 19.6 Å². The van der Waals surface area contributed by atoms with Crippen molar-refractivity contribution in [3.05, 3.63) is 0 Å². The lowest BCUT2D eigenvalue weighted by molar-refractivity contribution is -0.0846. The SMILES string of the molecule is CCC(C)N1CC(O)C(N2CCOC(C3CN(C)CC3N(C)C)C2)C1. The molecule has 3 fully saturated rings. The Kier molecular flexibility index (Phi) is 6.40. The van der Waals surface area contributed by atoms with E-state index in [2.05, 4.69) is 54.6 Å². The van der Waals surface area contributed by atoms with Gasteiger partial charge in [0.05, 0.1) is 18.8 Å². The molecule has 0 amide bonds. The van der Waals surface area contributed by atoms with Gasteiger partial charge in [0, 0.05) is 63.3 Å². The van der Waals surface area contributed by atoms with Crippen molar-refractivity contribution < 1.29 is 9.84 Å². The predicted octanol–water partition coefficient (Wildman–Crippen LogP) is 0.0226. The summed E-state index contributed by atoms with van der Waals surface area (Å²) >= 11 is 0. The van der Waals surface area contributed by atoms with Crippen LogP contribution < -0.4 is 0 Å². The van der Waals surface area contributed by atoms with E-state index in [1.807, 2.05) is 0 Å². The molecule has 0 spiro atoms. The van der Waals surface area contributed by atoms with Crippen LogP contribution in [-0.4, -0.2) is 122 Å². The summed E-state index contributed by atoms with van der Waals surface area (Å²) in [5.74, 6) is 0.548. The highest BCUT2D eigenvalue weighted by atomic mass is 16.5. The van der Waals surface area contributed by atoms with Gasteiger partial charge in [0.25, 0.3) is 0 Å². The summed E-state index contributed by atoms with van der Waals surface area (Å²) in [6.45, 7) is 11.2. The zero-order valence-electron chi connectivity index (χ0n) is 16.8. The first kappa shape index (κ1) is 19.5. The molecule has 6 unspecified atom stereocenters. The second kappa shape index (κ2) is 8.19. The zero-order valence-corrected chi connectivity index (χ0v) is 16.8. The number of hydrogen-bond acceptors (Lipinski definition) is 6. The van der Waals surface area contributed by atoms with E-state index in [1.165, 1.54) is 0 Å². The van der Waals surface area contributed by atoms with Gasteiger partial charge in [-0.25, -0.2) is 0 Å². The van der Waals surface area contributed by atoms with E-state index in [9.17, 15) is 5.11 Å². The van der Waals surface area contributed by atoms with Crippen molar-refractivity contribution in [1.29, 1.82) is 0 Å². The van der Waals surface area contributed by atoms with Crippen molar-refractivity contribution in [1.82, 2.24) is 19.6 Å². The quantitative estimate of drug-likeness (QED) is 0.751. The minimum atomic E-state index is -0.233. The molecule has 3 aliphatic rings. The molecule has 0 bridgehead atoms. The Hall–Kier alpha value is -0.240. The van der Waals surface area contributed by atoms with Gasteiger partial charge in [-0.3, -0.25) is 9.80 Å². The maximum atomic E-state index is 10.6. The molecule has 25 heavy (non-hydrogen) atoms. The van der Waals surface area contributed by atoms with E-state index in [1.54, 1.807) is 0 Å². The van der Waals surface area contributed by atoms with Crippen LogP contribution in [0.4, 0.5) is 0 Å². The second-order valence-electron chi connectivity index (χ2n) is 8.67. The van der Waals surface area contributed by atoms with Crippen LogP contribution in [0.2, 0.25) is 0 Å². The summed E-state index contributed by atoms with van der Waals surface area (Å²) in [7, 11) is 6.58. The lowest BCUT2D eigenvalue weighted by atomic mass is 9.94. The predicted molar refractivity (Wildman–Crippen MR) is 101 cm³/mol. The largest absolute Gasteiger partial charge is 0.390 e. The molecule has 0 aliphatic carbocycles. The molecular weight excluding hydrogens is 316 g/mol. The van der Waals surface area contributed by atoms with Crippen LogP contribution in [0.5, 0.6) is 0 Å². The van der Waals surface area contributed by atoms with Crippen molar-refractivity contribution in [2.45, 2.75) is 50.6 Å². The molecular formula is C19H38N4O2. The van der Waals surface area contributed by atoms with Gasteiger partial charge in [-0.1, -0.05) is 6.92 Å². The molecule has 6 nitrogen and oxygen atoms in total. The fourth-order valence-corrected chi connectivity index (χ4v) is 4.95. The number of ether oxygens (including phenoxy) is 1. The first-order chi connectivity index (χ1) is 11.9. The molecule has 1 N–H and O–H groups in total. The van der Waals surface area contributed by atoms with Gasteiger partial charge in [-0.15, -0.1) is 0 Å². The van der Waals surface area contributed by atoms with Crippen LogP contribution in [0.15, 0.2) is 0 Å². The minimum Gasteiger partial charge on any atom is -0.390 e. The van der Waals surface area contributed by atoms with E-state index in [-0.39, 0.29) is 18.2 Å². The number of β-amino-alcohol motifs (C(OH)–C–C–N with tert-alkyl or cyclic N) is 1. The molecule has 0 aromatic heterocycles. The van der Waals surface area contributed by atoms with Crippen LogP contribution in [0.3, 0.4) is 0 Å². The van der Waals surface area contributed by atoms with Gasteiger partial charge >= 0.3 is 0 Å². The Morgan fingerprint density at radius 2 is 1.92 bits per heavy atom. The summed E-state index contributed by atoms with van der Waals surface area (Å²) in [5.41, 5.74) is 0. The maximum absolute atomic E-state index is 10.6. The van der Waals surface area contributed by atoms with Gasteiger partial charge in [0.2, 0.25) is 0 Å². The maximum Gasteiger partial charge on any atom is 0.0834 e. The Morgan fingerprint density at radius 3 is 2.60 bits per heavy atom. The topological polar surface area (TPSA) is 42.4 Å². The third-order valence-electron chi connectivity index (χ3n) is 6.75. The smallest absolute Gasteiger partial charge is 0.0834 e. The Bertz CT molecular complexity index is 436. The lowest BCUT2D eigenvalue weighted by Crippen LogP contribution is -2.55. The summed E-state index contributed by atoms with van der Waals surface area (Å²) in [4.78, 5) is 9.73. The first-order valence-corrected chi connectivity index (χ1v) is 10.0. The molecule has 146 valence electrons. The number of nitrogens with zero attached hydrogens (tertiary/aromatic N) is 4. The number of likely N-dealkylation sites (N-methyl/N-ethyl adjacent to an activating group) is 2. The van der Waals surface area contributed by atoms with Gasteiger partial charge in [0.15, 0.2) is 0 Å². The van der Waals surface area contributed by atoms with Crippen LogP contribution in [0.25, 0.3) is 0 Å². The van der Waals surface area contributed by atoms with Crippen LogP contribution in [0, 0.1) is 5.92 Å². The normalized spacial score (nSPS) is 40.2. The minimum absolute atomic E-state index is 0.233. The van der Waals surface area contributed by atoms with Crippen molar-refractivity contribution in [3.63, 3.8) is 0 Å². The number of rotatable bonds is 5. The third-order valence-corrected chi connectivity index (χ3v) is 6.75. The van der Waals surface area contributed by atoms with Crippen molar-refractivity contribution in [2.75, 3.05) is 67.0 Å². The van der Waals surface area contributed by atoms with Gasteiger partial charge in [-0.05, 0) is 34.5 Å². The zero-order chi connectivity index (χ0) is 18.1. The van der Waals surface area contributed by atoms with E-state index < -0.39 is 0 Å². The Balaban J connectivity index is 1.63. The highest BCUT2D eigenvalue weighted by molar-refractivity contribution is 4.98. The molecule has 3 saturated heterocycles. The summed E-state index contributed by atoms with van der Waals surface area (Å²) < 4.78 is 6.22. The lowest BCUT2D eigenvalue weighted by Gasteiger charge is -2.41. The number of aliphatic hydroxyl groups excluding tert-OH is 1. The summed E-state index contributed by atoms with van der Waals surface area (Å²) in [6, 6.07) is 1.37. The molecule has 6 atom stereocenters. The molecule has 3 aliphatic heterocycles. The number of morpholine rings is 1. The van der Waals surface area contributed by atoms with E-state index in [4.69, 9.17) is 4.74 Å². The molecule has 3 rings (SSSR count). The third kappa shape index (κ3) is 4.20. The number of aliphatic hydroxyl groups is 1. The van der Waals surface area contributed by atoms with Crippen molar-refractivity contribution in [2.24, 2.45) is 5.92 Å². The van der Waals surface area contributed by atoms with E-state index in [0.29, 0.717) is 18.0 Å². The van der Waals surface area contributed by atoms with Crippen LogP contribution in [0.1, 0.15) is 20.3 Å². The fourth-order valence-electron chi connectivity index (χ4n) is 4.95. The average Bonchev–Trinajstić information content (AvgIpc) is 3.17. The standard InChI is InChI=1S/C19H38N4O2/c1-6-14(2)23-11-17(18(24)12-23)22-7-8-25-19(13-22)15-9-21(5)10-16(15)20(3)4/h14-19,24H,6-13H2,1-5H3. The van der Waals surface area contributed by atoms with E-state index in [0.717, 1.165) is 52.3 Å². The highest BCUT2D eigenvalue weighted by Crippen LogP contribution is 2.29. The Labute approximate surface area is 153 Å². The molecule has 0 aromatic rings. The molecule has 6 heteroatoms. The fraction of sp³-hybridized carbons (Fsp3) is 1.00. The van der Waals surface area contributed by atoms with Gasteiger partial charge in [-0.2, -0.15) is 0 Å². The molecule has 3 heterocycles. The van der Waals surface area contributed by atoms with Crippen molar-refractivity contribution in [3.8, 4) is 0 Å². The monoisotopic (exact) mass is 354 g/mol. The van der Waals surface area contributed by atoms with Gasteiger partial charge in [0.1, 0.15) is 0 Å². The summed E-state index contributed by atoms with van der Waals surface area (Å²) in [5, 5.41) is 10.6. The number of hydrogen-bond donors (Lipinski definition) is 1.